The molecule has 222 valence electrons. The van der Waals surface area contributed by atoms with Crippen molar-refractivity contribution in [2.24, 2.45) is 0 Å². The fourth-order valence-electron chi connectivity index (χ4n) is 3.71. The lowest BCUT2D eigenvalue weighted by atomic mass is 9.97. The molecule has 3 atom stereocenters. The second-order valence-electron chi connectivity index (χ2n) is 9.78. The van der Waals surface area contributed by atoms with Gasteiger partial charge in [0.2, 0.25) is 5.76 Å². The van der Waals surface area contributed by atoms with Gasteiger partial charge in [0.05, 0.1) is 25.3 Å². The van der Waals surface area contributed by atoms with Gasteiger partial charge in [-0.2, -0.15) is 10.4 Å². The van der Waals surface area contributed by atoms with Gasteiger partial charge in [0.15, 0.2) is 11.8 Å². The summed E-state index contributed by atoms with van der Waals surface area (Å²) in [6.07, 6.45) is -0.736. The third kappa shape index (κ3) is 10.8. The van der Waals surface area contributed by atoms with Crippen LogP contribution in [0.15, 0.2) is 34.5 Å². The highest BCUT2D eigenvalue weighted by molar-refractivity contribution is 9.10. The Kier molecular flexibility index (Phi) is 12.1. The molecule has 1 aromatic carbocycles. The van der Waals surface area contributed by atoms with E-state index in [1.165, 1.54) is 27.0 Å². The molecule has 14 heteroatoms. The standard InChI is InChI=1S/C19H29NO9.C8H4BrN3/c1-11(21)26-10-9-14(27-12(2)22)16-13(20-18(24)29-19(3,4)5)7-8-15(28-16)17(23)25-6;9-5-1-2-7-6(3-5)8(4-10)12-11-7/h8,13-14,16H,7,9-10H2,1-6H3,(H,20,24);1-3H,(H,11,12). The number of methoxy groups -OCH3 is 1. The number of halogens is 1. The van der Waals surface area contributed by atoms with E-state index in [0.717, 1.165) is 15.4 Å². The molecule has 0 saturated carbocycles. The van der Waals surface area contributed by atoms with Gasteiger partial charge in [-0.3, -0.25) is 14.7 Å². The van der Waals surface area contributed by atoms with E-state index in [-0.39, 0.29) is 25.2 Å². The molecule has 3 rings (SSSR count). The number of hydrogen-bond acceptors (Lipinski definition) is 11. The number of benzene rings is 1. The van der Waals surface area contributed by atoms with E-state index in [9.17, 15) is 19.2 Å². The lowest BCUT2D eigenvalue weighted by Gasteiger charge is -2.36. The minimum atomic E-state index is -0.930. The van der Waals surface area contributed by atoms with Gasteiger partial charge in [-0.15, -0.1) is 0 Å². The van der Waals surface area contributed by atoms with Crippen LogP contribution >= 0.6 is 15.9 Å². The van der Waals surface area contributed by atoms with E-state index in [2.05, 4.69) is 36.2 Å². The molecule has 1 amide bonds. The number of hydrogen-bond donors (Lipinski definition) is 2. The number of aromatic nitrogens is 2. The lowest BCUT2D eigenvalue weighted by molar-refractivity contribution is -0.160. The van der Waals surface area contributed by atoms with Gasteiger partial charge in [0.25, 0.3) is 0 Å². The molecule has 2 aromatic rings. The van der Waals surface area contributed by atoms with Gasteiger partial charge in [0.1, 0.15) is 17.8 Å². The number of alkyl carbamates (subject to hydrolysis) is 1. The zero-order chi connectivity index (χ0) is 30.7. The number of carbonyl (C=O) groups is 4. The first-order valence-electron chi connectivity index (χ1n) is 12.5. The Morgan fingerprint density at radius 1 is 1.24 bits per heavy atom. The van der Waals surface area contributed by atoms with Crippen LogP contribution in [0, 0.1) is 11.3 Å². The first-order valence-corrected chi connectivity index (χ1v) is 13.3. The Labute approximate surface area is 245 Å². The highest BCUT2D eigenvalue weighted by Crippen LogP contribution is 2.25. The van der Waals surface area contributed by atoms with Gasteiger partial charge >= 0.3 is 24.0 Å². The summed E-state index contributed by atoms with van der Waals surface area (Å²) < 4.78 is 26.8. The third-order valence-corrected chi connectivity index (χ3v) is 5.82. The maximum absolute atomic E-state index is 12.2. The van der Waals surface area contributed by atoms with Gasteiger partial charge in [-0.05, 0) is 51.5 Å². The van der Waals surface area contributed by atoms with Gasteiger partial charge < -0.3 is 29.0 Å². The van der Waals surface area contributed by atoms with Crippen LogP contribution in [-0.2, 0) is 38.1 Å². The summed E-state index contributed by atoms with van der Waals surface area (Å²) in [5.74, 6) is -1.85. The highest BCUT2D eigenvalue weighted by Gasteiger charge is 2.39. The third-order valence-electron chi connectivity index (χ3n) is 5.33. The average molecular weight is 637 g/mol. The number of H-pyrrole nitrogens is 1. The van der Waals surface area contributed by atoms with Crippen LogP contribution in [0.3, 0.4) is 0 Å². The molecule has 0 saturated heterocycles. The number of aromatic amines is 1. The summed E-state index contributed by atoms with van der Waals surface area (Å²) in [4.78, 5) is 46.7. The molecule has 0 radical (unpaired) electrons. The molecule has 1 aliphatic heterocycles. The van der Waals surface area contributed by atoms with E-state index >= 15 is 0 Å². The SMILES string of the molecule is COC(=O)C1=CCC(NC(=O)OC(C)(C)C)C(C(CCOC(C)=O)OC(C)=O)O1.N#Cc1n[nH]c2ccc(Br)cc12. The van der Waals surface area contributed by atoms with E-state index in [1.54, 1.807) is 20.8 Å². The van der Waals surface area contributed by atoms with Crippen LogP contribution in [-0.4, -0.2) is 71.8 Å². The number of rotatable bonds is 7. The number of nitrogens with one attached hydrogen (secondary N) is 2. The van der Waals surface area contributed by atoms with Gasteiger partial charge in [-0.25, -0.2) is 9.59 Å². The van der Waals surface area contributed by atoms with Crippen molar-refractivity contribution in [3.63, 3.8) is 0 Å². The predicted molar refractivity (Wildman–Crippen MR) is 148 cm³/mol. The van der Waals surface area contributed by atoms with Crippen LogP contribution in [0.5, 0.6) is 0 Å². The monoisotopic (exact) mass is 636 g/mol. The molecule has 2 heterocycles. The number of esters is 3. The largest absolute Gasteiger partial charge is 0.477 e. The van der Waals surface area contributed by atoms with Crippen molar-refractivity contribution in [2.75, 3.05) is 13.7 Å². The Balaban J connectivity index is 0.000000401. The Hall–Kier alpha value is -4.12. The normalized spacial score (nSPS) is 16.9. The molecule has 0 bridgehead atoms. The Morgan fingerprint density at radius 2 is 1.95 bits per heavy atom. The molecule has 0 fully saturated rings. The summed E-state index contributed by atoms with van der Waals surface area (Å²) in [6, 6.07) is 7.01. The zero-order valence-corrected chi connectivity index (χ0v) is 25.2. The van der Waals surface area contributed by atoms with Crippen molar-refractivity contribution in [1.82, 2.24) is 15.5 Å². The number of amides is 1. The van der Waals surface area contributed by atoms with E-state index in [0.29, 0.717) is 5.69 Å². The van der Waals surface area contributed by atoms with Gasteiger partial charge in [0, 0.05) is 30.1 Å². The molecule has 1 aliphatic rings. The molecule has 41 heavy (non-hydrogen) atoms. The minimum absolute atomic E-state index is 0.0381. The van der Waals surface area contributed by atoms with E-state index in [4.69, 9.17) is 24.2 Å². The van der Waals surface area contributed by atoms with Crippen LogP contribution in [0.1, 0.15) is 53.2 Å². The molecule has 13 nitrogen and oxygen atoms in total. The van der Waals surface area contributed by atoms with Crippen molar-refractivity contribution < 1.29 is 42.9 Å². The maximum Gasteiger partial charge on any atom is 0.408 e. The summed E-state index contributed by atoms with van der Waals surface area (Å²) in [5.41, 5.74) is 0.605. The molecule has 2 N–H and O–H groups in total. The van der Waals surface area contributed by atoms with Crippen molar-refractivity contribution >= 4 is 50.8 Å². The molecule has 1 aromatic heterocycles. The number of carbonyl (C=O) groups excluding carboxylic acids is 4. The fourth-order valence-corrected chi connectivity index (χ4v) is 4.07. The Bertz CT molecular complexity index is 1330. The lowest BCUT2D eigenvalue weighted by Crippen LogP contribution is -2.53. The summed E-state index contributed by atoms with van der Waals surface area (Å²) in [5, 5.41) is 18.8. The number of nitriles is 1. The summed E-state index contributed by atoms with van der Waals surface area (Å²) in [7, 11) is 1.21. The predicted octanol–water partition coefficient (Wildman–Crippen LogP) is 3.81. The van der Waals surface area contributed by atoms with Crippen molar-refractivity contribution in [1.29, 1.82) is 5.26 Å². The minimum Gasteiger partial charge on any atom is -0.477 e. The Morgan fingerprint density at radius 3 is 2.54 bits per heavy atom. The first-order chi connectivity index (χ1) is 19.2. The quantitative estimate of drug-likeness (QED) is 0.333. The average Bonchev–Trinajstić information content (AvgIpc) is 3.29. The number of fused-ring (bicyclic) bond motifs is 1. The van der Waals surface area contributed by atoms with Crippen LogP contribution in [0.25, 0.3) is 10.9 Å². The first kappa shape index (κ1) is 33.1. The molecular weight excluding hydrogens is 604 g/mol. The molecule has 3 unspecified atom stereocenters. The molecule has 0 aliphatic carbocycles. The smallest absolute Gasteiger partial charge is 0.408 e. The van der Waals surface area contributed by atoms with Crippen molar-refractivity contribution in [3.05, 3.63) is 40.2 Å². The zero-order valence-electron chi connectivity index (χ0n) is 23.6. The van der Waals surface area contributed by atoms with E-state index in [1.807, 2.05) is 24.3 Å². The topological polar surface area (TPSA) is 179 Å². The van der Waals surface area contributed by atoms with E-state index < -0.39 is 47.9 Å². The summed E-state index contributed by atoms with van der Waals surface area (Å²) >= 11 is 3.33. The molecule has 0 spiro atoms. The highest BCUT2D eigenvalue weighted by atomic mass is 79.9. The summed E-state index contributed by atoms with van der Waals surface area (Å²) in [6.45, 7) is 7.59. The van der Waals surface area contributed by atoms with Crippen LogP contribution in [0.2, 0.25) is 0 Å². The number of ether oxygens (including phenoxy) is 5. The number of nitrogens with zero attached hydrogens (tertiary/aromatic N) is 2. The van der Waals surface area contributed by atoms with Crippen LogP contribution in [0.4, 0.5) is 4.79 Å². The second kappa shape index (κ2) is 15.0. The second-order valence-corrected chi connectivity index (χ2v) is 10.7. The van der Waals surface area contributed by atoms with Crippen LogP contribution < -0.4 is 5.32 Å². The molecular formula is C27H33BrN4O9. The fraction of sp³-hybridized carbons (Fsp3) is 0.481. The van der Waals surface area contributed by atoms with Crippen molar-refractivity contribution in [3.8, 4) is 6.07 Å². The maximum atomic E-state index is 12.2. The van der Waals surface area contributed by atoms with Crippen molar-refractivity contribution in [2.45, 2.75) is 71.3 Å². The van der Waals surface area contributed by atoms with Gasteiger partial charge in [-0.1, -0.05) is 15.9 Å².